The Hall–Kier alpha value is -3.28. The van der Waals surface area contributed by atoms with E-state index in [0.29, 0.717) is 23.3 Å². The van der Waals surface area contributed by atoms with Crippen molar-refractivity contribution >= 4 is 5.65 Å². The number of rotatable bonds is 3. The highest BCUT2D eigenvalue weighted by Crippen LogP contribution is 2.22. The van der Waals surface area contributed by atoms with E-state index in [1.807, 2.05) is 19.1 Å². The first-order valence-corrected chi connectivity index (χ1v) is 7.88. The van der Waals surface area contributed by atoms with Gasteiger partial charge in [-0.2, -0.15) is 0 Å². The Bertz CT molecular complexity index is 1100. The van der Waals surface area contributed by atoms with Crippen molar-refractivity contribution in [2.75, 3.05) is 0 Å². The molecule has 0 radical (unpaired) electrons. The molecule has 0 atom stereocenters. The van der Waals surface area contributed by atoms with Crippen molar-refractivity contribution in [3.63, 3.8) is 0 Å². The summed E-state index contributed by atoms with van der Waals surface area (Å²) in [6.07, 6.45) is 5.57. The van der Waals surface area contributed by atoms with Crippen LogP contribution in [0, 0.1) is 12.7 Å². The van der Waals surface area contributed by atoms with Crippen LogP contribution in [-0.4, -0.2) is 19.6 Å². The fourth-order valence-electron chi connectivity index (χ4n) is 2.91. The monoisotopic (exact) mass is 334 g/mol. The lowest BCUT2D eigenvalue weighted by Gasteiger charge is -2.07. The molecule has 0 aliphatic carbocycles. The van der Waals surface area contributed by atoms with Gasteiger partial charge in [0.1, 0.15) is 5.82 Å². The number of aromatic amines is 1. The molecule has 124 valence electrons. The van der Waals surface area contributed by atoms with E-state index < -0.39 is 0 Å². The molecule has 4 aromatic rings. The second-order valence-electron chi connectivity index (χ2n) is 5.87. The normalized spacial score (nSPS) is 11.1. The van der Waals surface area contributed by atoms with Crippen molar-refractivity contribution in [2.45, 2.75) is 13.3 Å². The Morgan fingerprint density at radius 2 is 1.84 bits per heavy atom. The smallest absolute Gasteiger partial charge is 0.276 e. The Kier molecular flexibility index (Phi) is 3.65. The molecule has 0 unspecified atom stereocenters. The number of halogens is 1. The van der Waals surface area contributed by atoms with Crippen LogP contribution < -0.4 is 5.56 Å². The molecule has 1 aromatic carbocycles. The fraction of sp³-hybridized carbons (Fsp3) is 0.105. The van der Waals surface area contributed by atoms with Crippen LogP contribution in [0.3, 0.4) is 0 Å². The van der Waals surface area contributed by atoms with Gasteiger partial charge in [-0.1, -0.05) is 12.1 Å². The van der Waals surface area contributed by atoms with Gasteiger partial charge in [0.05, 0.1) is 0 Å². The molecule has 3 heterocycles. The number of aromatic nitrogens is 4. The first-order valence-electron chi connectivity index (χ1n) is 7.88. The van der Waals surface area contributed by atoms with Gasteiger partial charge in [-0.15, -0.1) is 0 Å². The summed E-state index contributed by atoms with van der Waals surface area (Å²) in [5.74, 6) is -0.294. The van der Waals surface area contributed by atoms with Crippen LogP contribution in [0.5, 0.6) is 0 Å². The van der Waals surface area contributed by atoms with Gasteiger partial charge in [-0.3, -0.25) is 14.9 Å². The summed E-state index contributed by atoms with van der Waals surface area (Å²) in [5.41, 5.74) is 4.34. The number of nitrogens with zero attached hydrogens (tertiary/aromatic N) is 3. The van der Waals surface area contributed by atoms with Crippen molar-refractivity contribution in [3.8, 4) is 11.1 Å². The van der Waals surface area contributed by atoms with Crippen LogP contribution >= 0.6 is 0 Å². The second-order valence-corrected chi connectivity index (χ2v) is 5.87. The fourth-order valence-corrected chi connectivity index (χ4v) is 2.91. The highest BCUT2D eigenvalue weighted by atomic mass is 19.1. The van der Waals surface area contributed by atoms with E-state index in [9.17, 15) is 9.18 Å². The molecule has 1 N–H and O–H groups in total. The van der Waals surface area contributed by atoms with Gasteiger partial charge >= 0.3 is 0 Å². The molecule has 0 saturated carbocycles. The third-order valence-corrected chi connectivity index (χ3v) is 4.25. The van der Waals surface area contributed by atoms with Crippen LogP contribution in [-0.2, 0) is 6.42 Å². The topological polar surface area (TPSA) is 63.1 Å². The largest absolute Gasteiger partial charge is 0.296 e. The number of fused-ring (bicyclic) bond motifs is 1. The summed E-state index contributed by atoms with van der Waals surface area (Å²) in [6, 6.07) is 9.89. The summed E-state index contributed by atoms with van der Waals surface area (Å²) in [4.78, 5) is 21.5. The zero-order valence-electron chi connectivity index (χ0n) is 13.5. The van der Waals surface area contributed by atoms with E-state index in [2.05, 4.69) is 15.1 Å². The third-order valence-electron chi connectivity index (χ3n) is 4.25. The molecule has 0 fully saturated rings. The Balaban J connectivity index is 1.83. The highest BCUT2D eigenvalue weighted by Gasteiger charge is 2.15. The highest BCUT2D eigenvalue weighted by molar-refractivity contribution is 5.76. The van der Waals surface area contributed by atoms with E-state index in [0.717, 1.165) is 16.7 Å². The molecule has 0 aliphatic heterocycles. The minimum Gasteiger partial charge on any atom is -0.296 e. The lowest BCUT2D eigenvalue weighted by molar-refractivity contribution is 0.627. The molecule has 25 heavy (non-hydrogen) atoms. The number of pyridine rings is 1. The van der Waals surface area contributed by atoms with Crippen molar-refractivity contribution in [3.05, 3.63) is 88.0 Å². The number of aryl methyl sites for hydroxylation is 1. The van der Waals surface area contributed by atoms with Gasteiger partial charge in [-0.25, -0.2) is 13.9 Å². The molecule has 0 saturated heterocycles. The lowest BCUT2D eigenvalue weighted by atomic mass is 10.0. The third kappa shape index (κ3) is 2.71. The zero-order valence-corrected chi connectivity index (χ0v) is 13.5. The predicted molar refractivity (Wildman–Crippen MR) is 93.0 cm³/mol. The number of H-pyrrole nitrogens is 1. The molecule has 3 aromatic heterocycles. The predicted octanol–water partition coefficient (Wildman–Crippen LogP) is 3.12. The lowest BCUT2D eigenvalue weighted by Crippen LogP contribution is -2.22. The Labute approximate surface area is 142 Å². The SMILES string of the molecule is Cc1nc2c(-c3ccncc3)c[nH]n2c(=O)c1Cc1ccc(F)cc1. The van der Waals surface area contributed by atoms with Gasteiger partial charge in [0.2, 0.25) is 0 Å². The van der Waals surface area contributed by atoms with E-state index >= 15 is 0 Å². The summed E-state index contributed by atoms with van der Waals surface area (Å²) in [5, 5.41) is 2.98. The van der Waals surface area contributed by atoms with Gasteiger partial charge < -0.3 is 0 Å². The van der Waals surface area contributed by atoms with E-state index in [1.54, 1.807) is 30.7 Å². The molecule has 0 aliphatic rings. The Morgan fingerprint density at radius 3 is 2.56 bits per heavy atom. The van der Waals surface area contributed by atoms with Gasteiger partial charge in [-0.05, 0) is 42.3 Å². The maximum atomic E-state index is 13.1. The average molecular weight is 334 g/mol. The molecular weight excluding hydrogens is 319 g/mol. The van der Waals surface area contributed by atoms with Gasteiger partial charge in [0.15, 0.2) is 5.65 Å². The van der Waals surface area contributed by atoms with Crippen LogP contribution in [0.2, 0.25) is 0 Å². The van der Waals surface area contributed by atoms with Crippen molar-refractivity contribution in [2.24, 2.45) is 0 Å². The molecule has 0 bridgehead atoms. The van der Waals surface area contributed by atoms with Gasteiger partial charge in [0.25, 0.3) is 5.56 Å². The average Bonchev–Trinajstić information content (AvgIpc) is 3.05. The first kappa shape index (κ1) is 15.3. The van der Waals surface area contributed by atoms with Crippen LogP contribution in [0.1, 0.15) is 16.8 Å². The maximum Gasteiger partial charge on any atom is 0.276 e. The number of hydrogen-bond donors (Lipinski definition) is 1. The minimum absolute atomic E-state index is 0.146. The molecule has 0 spiro atoms. The molecule has 4 rings (SSSR count). The summed E-state index contributed by atoms with van der Waals surface area (Å²) in [7, 11) is 0. The molecule has 0 amide bonds. The summed E-state index contributed by atoms with van der Waals surface area (Å²) < 4.78 is 14.5. The zero-order chi connectivity index (χ0) is 17.4. The molecule has 5 nitrogen and oxygen atoms in total. The number of benzene rings is 1. The number of nitrogens with one attached hydrogen (secondary N) is 1. The van der Waals surface area contributed by atoms with Gasteiger partial charge in [0, 0.05) is 41.8 Å². The van der Waals surface area contributed by atoms with Crippen molar-refractivity contribution in [1.29, 1.82) is 0 Å². The molecular formula is C19H15FN4O. The summed E-state index contributed by atoms with van der Waals surface area (Å²) >= 11 is 0. The van der Waals surface area contributed by atoms with E-state index in [4.69, 9.17) is 0 Å². The quantitative estimate of drug-likeness (QED) is 0.626. The van der Waals surface area contributed by atoms with Crippen molar-refractivity contribution < 1.29 is 4.39 Å². The summed E-state index contributed by atoms with van der Waals surface area (Å²) in [6.45, 7) is 1.82. The Morgan fingerprint density at radius 1 is 1.12 bits per heavy atom. The molecule has 6 heteroatoms. The number of hydrogen-bond acceptors (Lipinski definition) is 3. The first-order chi connectivity index (χ1) is 12.1. The standard InChI is InChI=1S/C19H15FN4O/c1-12-16(10-13-2-4-15(20)5-3-13)19(25)24-18(23-12)17(11-22-24)14-6-8-21-9-7-14/h2-9,11,22H,10H2,1H3. The minimum atomic E-state index is -0.294. The van der Waals surface area contributed by atoms with E-state index in [1.165, 1.54) is 16.6 Å². The van der Waals surface area contributed by atoms with Crippen LogP contribution in [0.15, 0.2) is 59.8 Å². The second kappa shape index (κ2) is 5.98. The van der Waals surface area contributed by atoms with E-state index in [-0.39, 0.29) is 11.4 Å². The maximum absolute atomic E-state index is 13.1. The van der Waals surface area contributed by atoms with Crippen molar-refractivity contribution in [1.82, 2.24) is 19.6 Å². The van der Waals surface area contributed by atoms with Crippen LogP contribution in [0.25, 0.3) is 16.8 Å². The van der Waals surface area contributed by atoms with Crippen LogP contribution in [0.4, 0.5) is 4.39 Å².